The zero-order chi connectivity index (χ0) is 2.71. The van der Waals surface area contributed by atoms with Crippen LogP contribution < -0.4 is 77.3 Å². The van der Waals surface area contributed by atoms with Crippen molar-refractivity contribution in [2.75, 3.05) is 0 Å². The van der Waals surface area contributed by atoms with Crippen LogP contribution in [-0.4, -0.2) is 0 Å². The second kappa shape index (κ2) is 9.07. The average Bonchev–Trinajstić information content (AvgIpc) is 0.918. The number of hydrogen-bond donors (Lipinski definition) is 0. The summed E-state index contributed by atoms with van der Waals surface area (Å²) < 4.78 is 16.8. The van der Waals surface area contributed by atoms with Crippen LogP contribution in [0.25, 0.3) is 0 Å². The molecule has 0 atom stereocenters. The molecule has 0 saturated heterocycles. The van der Waals surface area contributed by atoms with Gasteiger partial charge in [0.1, 0.15) is 0 Å². The molecule has 0 N–H and O–H groups in total. The van der Waals surface area contributed by atoms with Crippen molar-refractivity contribution in [1.29, 1.82) is 0 Å². The van der Waals surface area contributed by atoms with Gasteiger partial charge in [0.05, 0.1) is 0 Å². The van der Waals surface area contributed by atoms with E-state index in [1.165, 1.54) is 0 Å². The molecule has 0 amide bonds. The molecule has 0 aliphatic carbocycles. The molecule has 0 aliphatic heterocycles. The molecule has 4 heteroatoms. The van der Waals surface area contributed by atoms with Gasteiger partial charge in [-0.1, -0.05) is 0 Å². The van der Waals surface area contributed by atoms with Crippen LogP contribution in [0, 0.1) is 15.5 Å². The maximum absolute atomic E-state index is 8.41. The molecular weight excluding hydrogens is 245 g/mol. The molecule has 0 rings (SSSR count). The van der Waals surface area contributed by atoms with Crippen molar-refractivity contribution in [2.45, 2.75) is 0 Å². The molecule has 0 radical (unpaired) electrons. The Labute approximate surface area is 90.1 Å². The quantitative estimate of drug-likeness (QED) is 0.427. The van der Waals surface area contributed by atoms with Crippen molar-refractivity contribution >= 4 is 0 Å². The van der Waals surface area contributed by atoms with E-state index in [9.17, 15) is 0 Å². The predicted molar refractivity (Wildman–Crippen MR) is 0 cm³/mol. The maximum atomic E-state index is 8.41. The summed E-state index contributed by atoms with van der Waals surface area (Å²) in [5.41, 5.74) is 0. The van der Waals surface area contributed by atoms with Crippen LogP contribution in [-0.2, 0) is 0 Å². The first-order chi connectivity index (χ1) is 1.41. The zero-order valence-corrected chi connectivity index (χ0v) is 10.1. The van der Waals surface area contributed by atoms with Crippen LogP contribution in [0.2, 0.25) is 0 Å². The number of halogens is 1. The second-order valence-electron chi connectivity index (χ2n) is 0.0630. The topological polar surface area (TPSA) is 46.1 Å². The standard InChI is InChI=1S/BrO2.Cs/c2-1-3;/q-1;+1. The Bertz CT molecular complexity index is 6.00. The van der Waals surface area contributed by atoms with E-state index in [1.807, 2.05) is 0 Å². The van der Waals surface area contributed by atoms with E-state index in [1.54, 1.807) is 0 Å². The molecule has 0 aromatic carbocycles. The normalized spacial score (nSPS) is 4.50. The Kier molecular flexibility index (Phi) is 21.9. The third kappa shape index (κ3) is 8.82. The van der Waals surface area contributed by atoms with Gasteiger partial charge in [-0.05, 0) is 0 Å². The van der Waals surface area contributed by atoms with Gasteiger partial charge >= 0.3 is 68.9 Å². The first kappa shape index (κ1) is 9.68. The van der Waals surface area contributed by atoms with Gasteiger partial charge in [0.2, 0.25) is 0 Å². The van der Waals surface area contributed by atoms with E-state index in [0.717, 1.165) is 0 Å². The predicted octanol–water partition coefficient (Wildman–Crippen LogP) is -5.37. The Hall–Kier alpha value is 2.45. The molecule has 4 heavy (non-hydrogen) atoms. The van der Waals surface area contributed by atoms with E-state index in [0.29, 0.717) is 0 Å². The molecular formula is BrCsO2. The van der Waals surface area contributed by atoms with Gasteiger partial charge in [0.25, 0.3) is 0 Å². The summed E-state index contributed by atoms with van der Waals surface area (Å²) in [6.45, 7) is 0. The molecule has 2 nitrogen and oxygen atoms in total. The van der Waals surface area contributed by atoms with Crippen LogP contribution in [0.4, 0.5) is 0 Å². The summed E-state index contributed by atoms with van der Waals surface area (Å²) in [4.78, 5) is 0. The molecule has 0 aliphatic rings. The summed E-state index contributed by atoms with van der Waals surface area (Å²) in [6.07, 6.45) is 0. The summed E-state index contributed by atoms with van der Waals surface area (Å²) in [7, 11) is 0. The first-order valence-corrected chi connectivity index (χ1v) is 1.60. The Morgan fingerprint density at radius 2 is 1.25 bits per heavy atom. The van der Waals surface area contributed by atoms with Crippen LogP contribution >= 0.6 is 0 Å². The number of hydrogen-bond acceptors (Lipinski definition) is 2. The molecule has 0 spiro atoms. The molecule has 0 saturated carbocycles. The fraction of sp³-hybridized carbons (Fsp3) is 0. The van der Waals surface area contributed by atoms with Crippen LogP contribution in [0.5, 0.6) is 0 Å². The summed E-state index contributed by atoms with van der Waals surface area (Å²) >= 11 is -1.44. The molecule has 0 aromatic heterocycles. The van der Waals surface area contributed by atoms with Crippen molar-refractivity contribution < 1.29 is 92.8 Å². The fourth-order valence-electron chi connectivity index (χ4n) is 0. The Balaban J connectivity index is 0. The van der Waals surface area contributed by atoms with Gasteiger partial charge in [0, 0.05) is 0 Å². The molecule has 0 fully saturated rings. The third-order valence-electron chi connectivity index (χ3n) is 0. The van der Waals surface area contributed by atoms with E-state index in [4.69, 9.17) is 8.40 Å². The van der Waals surface area contributed by atoms with Gasteiger partial charge in [-0.2, -0.15) is 0 Å². The Morgan fingerprint density at radius 1 is 1.25 bits per heavy atom. The average molecular weight is 245 g/mol. The molecule has 0 heterocycles. The van der Waals surface area contributed by atoms with E-state index in [-0.39, 0.29) is 68.9 Å². The van der Waals surface area contributed by atoms with E-state index < -0.39 is 15.5 Å². The summed E-state index contributed by atoms with van der Waals surface area (Å²) in [6, 6.07) is 0. The third-order valence-corrected chi connectivity index (χ3v) is 0. The summed E-state index contributed by atoms with van der Waals surface area (Å²) in [5.74, 6) is 0. The minimum Gasteiger partial charge on any atom is -0.585 e. The van der Waals surface area contributed by atoms with Gasteiger partial charge in [0.15, 0.2) is 15.5 Å². The Morgan fingerprint density at radius 3 is 1.25 bits per heavy atom. The van der Waals surface area contributed by atoms with E-state index >= 15 is 0 Å². The number of rotatable bonds is 0. The van der Waals surface area contributed by atoms with Crippen molar-refractivity contribution in [3.05, 3.63) is 0 Å². The largest absolute Gasteiger partial charge is 1.00 e. The van der Waals surface area contributed by atoms with Crippen molar-refractivity contribution in [1.82, 2.24) is 0 Å². The summed E-state index contributed by atoms with van der Waals surface area (Å²) in [5, 5.41) is 0. The minimum atomic E-state index is -1.44. The van der Waals surface area contributed by atoms with Crippen molar-refractivity contribution in [2.24, 2.45) is 0 Å². The SMILES string of the molecule is [Cs+].[O-][Br+][O-]. The van der Waals surface area contributed by atoms with Gasteiger partial charge in [-0.15, -0.1) is 0 Å². The zero-order valence-electron chi connectivity index (χ0n) is 2.19. The second-order valence-corrected chi connectivity index (χ2v) is 0.327. The molecule has 20 valence electrons. The molecule has 0 aromatic rings. The molecule has 0 unspecified atom stereocenters. The van der Waals surface area contributed by atoms with Gasteiger partial charge in [-0.3, -0.25) is 0 Å². The first-order valence-electron chi connectivity index (χ1n) is 0.309. The van der Waals surface area contributed by atoms with Crippen molar-refractivity contribution in [3.63, 3.8) is 0 Å². The van der Waals surface area contributed by atoms with Crippen LogP contribution in [0.1, 0.15) is 0 Å². The van der Waals surface area contributed by atoms with E-state index in [2.05, 4.69) is 0 Å². The van der Waals surface area contributed by atoms with Crippen LogP contribution in [0.15, 0.2) is 0 Å². The fourth-order valence-corrected chi connectivity index (χ4v) is 0. The van der Waals surface area contributed by atoms with Crippen molar-refractivity contribution in [3.8, 4) is 0 Å². The smallest absolute Gasteiger partial charge is 0.585 e. The maximum Gasteiger partial charge on any atom is 1.00 e. The molecule has 0 bridgehead atoms. The monoisotopic (exact) mass is 244 g/mol. The van der Waals surface area contributed by atoms with Gasteiger partial charge < -0.3 is 8.40 Å². The van der Waals surface area contributed by atoms with Gasteiger partial charge in [-0.25, -0.2) is 0 Å². The van der Waals surface area contributed by atoms with Crippen LogP contribution in [0.3, 0.4) is 0 Å². The minimum absolute atomic E-state index is 0.